The number of ether oxygens (including phenoxy) is 2. The van der Waals surface area contributed by atoms with Crippen molar-refractivity contribution < 1.29 is 9.47 Å². The van der Waals surface area contributed by atoms with Crippen LogP contribution in [0.5, 0.6) is 11.5 Å². The molecule has 144 valence electrons. The van der Waals surface area contributed by atoms with Crippen molar-refractivity contribution in [1.29, 1.82) is 0 Å². The number of nitrogens with one attached hydrogen (secondary N) is 1. The second kappa shape index (κ2) is 8.53. The van der Waals surface area contributed by atoms with Crippen molar-refractivity contribution in [2.75, 3.05) is 27.3 Å². The Morgan fingerprint density at radius 3 is 2.56 bits per heavy atom. The zero-order chi connectivity index (χ0) is 19.3. The first-order valence-electron chi connectivity index (χ1n) is 9.08. The van der Waals surface area contributed by atoms with Crippen molar-refractivity contribution in [2.24, 2.45) is 10.7 Å². The molecule has 0 aromatic heterocycles. The largest absolute Gasteiger partial charge is 0.493 e. The van der Waals surface area contributed by atoms with Gasteiger partial charge in [-0.1, -0.05) is 35.9 Å². The van der Waals surface area contributed by atoms with E-state index in [9.17, 15) is 0 Å². The van der Waals surface area contributed by atoms with Gasteiger partial charge in [0.1, 0.15) is 0 Å². The summed E-state index contributed by atoms with van der Waals surface area (Å²) in [7, 11) is 3.27. The van der Waals surface area contributed by atoms with E-state index >= 15 is 0 Å². The molecule has 0 spiro atoms. The van der Waals surface area contributed by atoms with Crippen LogP contribution in [0.25, 0.3) is 0 Å². The van der Waals surface area contributed by atoms with Gasteiger partial charge in [0, 0.05) is 17.0 Å². The highest BCUT2D eigenvalue weighted by Gasteiger charge is 2.45. The Morgan fingerprint density at radius 1 is 1.15 bits per heavy atom. The molecule has 1 aliphatic rings. The molecule has 0 aliphatic heterocycles. The average Bonchev–Trinajstić information content (AvgIpc) is 3.47. The van der Waals surface area contributed by atoms with Crippen LogP contribution in [0.3, 0.4) is 0 Å². The Labute approximate surface area is 165 Å². The molecule has 0 atom stereocenters. The van der Waals surface area contributed by atoms with Crippen molar-refractivity contribution in [2.45, 2.75) is 24.7 Å². The third-order valence-corrected chi connectivity index (χ3v) is 5.35. The van der Waals surface area contributed by atoms with E-state index in [4.69, 9.17) is 26.8 Å². The molecular weight excluding hydrogens is 362 g/mol. The minimum Gasteiger partial charge on any atom is -0.493 e. The quantitative estimate of drug-likeness (QED) is 0.537. The molecule has 2 aromatic rings. The number of nitrogens with zero attached hydrogens (tertiary/aromatic N) is 1. The number of nitrogens with two attached hydrogens (primary N) is 1. The minimum absolute atomic E-state index is 0.0496. The minimum atomic E-state index is 0.0496. The van der Waals surface area contributed by atoms with E-state index in [0.717, 1.165) is 41.3 Å². The Kier molecular flexibility index (Phi) is 6.11. The van der Waals surface area contributed by atoms with Gasteiger partial charge in [-0.2, -0.15) is 0 Å². The number of hydrogen-bond acceptors (Lipinski definition) is 3. The normalized spacial score (nSPS) is 15.3. The number of benzene rings is 2. The zero-order valence-corrected chi connectivity index (χ0v) is 16.6. The van der Waals surface area contributed by atoms with E-state index in [2.05, 4.69) is 16.4 Å². The van der Waals surface area contributed by atoms with E-state index in [-0.39, 0.29) is 5.41 Å². The SMILES string of the molecule is COc1ccc(CCNC(N)=NCC2(c3ccccc3Cl)CC2)cc1OC. The molecule has 3 N–H and O–H groups in total. The van der Waals surface area contributed by atoms with Crippen LogP contribution in [0.15, 0.2) is 47.5 Å². The molecule has 3 rings (SSSR count). The predicted octanol–water partition coefficient (Wildman–Crippen LogP) is 3.54. The summed E-state index contributed by atoms with van der Waals surface area (Å²) in [5.41, 5.74) is 8.42. The van der Waals surface area contributed by atoms with Gasteiger partial charge in [0.05, 0.1) is 20.8 Å². The van der Waals surface area contributed by atoms with Crippen LogP contribution in [0.2, 0.25) is 5.02 Å². The molecule has 0 unspecified atom stereocenters. The first kappa shape index (κ1) is 19.4. The summed E-state index contributed by atoms with van der Waals surface area (Å²) in [4.78, 5) is 4.55. The van der Waals surface area contributed by atoms with Crippen molar-refractivity contribution >= 4 is 17.6 Å². The number of aliphatic imine (C=N–C) groups is 1. The fraction of sp³-hybridized carbons (Fsp3) is 0.381. The van der Waals surface area contributed by atoms with Gasteiger partial charge in [-0.25, -0.2) is 0 Å². The van der Waals surface area contributed by atoms with Gasteiger partial charge in [-0.15, -0.1) is 0 Å². The second-order valence-corrected chi connectivity index (χ2v) is 7.23. The Bertz CT molecular complexity index is 819. The van der Waals surface area contributed by atoms with Crippen LogP contribution >= 0.6 is 11.6 Å². The summed E-state index contributed by atoms with van der Waals surface area (Å²) in [5, 5.41) is 4.00. The molecular formula is C21H26ClN3O2. The van der Waals surface area contributed by atoms with Crippen LogP contribution in [0, 0.1) is 0 Å². The number of rotatable bonds is 8. The summed E-state index contributed by atoms with van der Waals surface area (Å²) in [6.45, 7) is 1.36. The van der Waals surface area contributed by atoms with Gasteiger partial charge in [0.25, 0.3) is 0 Å². The predicted molar refractivity (Wildman–Crippen MR) is 110 cm³/mol. The average molecular weight is 388 g/mol. The first-order valence-corrected chi connectivity index (χ1v) is 9.45. The highest BCUT2D eigenvalue weighted by Crippen LogP contribution is 2.50. The van der Waals surface area contributed by atoms with Crippen LogP contribution in [0.4, 0.5) is 0 Å². The highest BCUT2D eigenvalue weighted by molar-refractivity contribution is 6.31. The maximum absolute atomic E-state index is 6.35. The van der Waals surface area contributed by atoms with Crippen LogP contribution < -0.4 is 20.5 Å². The van der Waals surface area contributed by atoms with Gasteiger partial charge in [0.15, 0.2) is 17.5 Å². The van der Waals surface area contributed by atoms with E-state index in [0.29, 0.717) is 19.0 Å². The van der Waals surface area contributed by atoms with Crippen molar-refractivity contribution in [3.63, 3.8) is 0 Å². The summed E-state index contributed by atoms with van der Waals surface area (Å²) < 4.78 is 10.6. The molecule has 0 amide bonds. The standard InChI is InChI=1S/C21H26ClN3O2/c1-26-18-8-7-15(13-19(18)27-2)9-12-24-20(23)25-14-21(10-11-21)16-5-3-4-6-17(16)22/h3-8,13H,9-12,14H2,1-2H3,(H3,23,24,25). The summed E-state index contributed by atoms with van der Waals surface area (Å²) >= 11 is 6.35. The monoisotopic (exact) mass is 387 g/mol. The lowest BCUT2D eigenvalue weighted by Crippen LogP contribution is -2.34. The number of methoxy groups -OCH3 is 2. The van der Waals surface area contributed by atoms with Gasteiger partial charge in [-0.05, 0) is 48.6 Å². The third kappa shape index (κ3) is 4.66. The highest BCUT2D eigenvalue weighted by atomic mass is 35.5. The number of halogens is 1. The van der Waals surface area contributed by atoms with E-state index in [1.165, 1.54) is 5.56 Å². The number of hydrogen-bond donors (Lipinski definition) is 2. The van der Waals surface area contributed by atoms with Gasteiger partial charge >= 0.3 is 0 Å². The zero-order valence-electron chi connectivity index (χ0n) is 15.8. The molecule has 0 bridgehead atoms. The lowest BCUT2D eigenvalue weighted by Gasteiger charge is -2.15. The van der Waals surface area contributed by atoms with Crippen molar-refractivity contribution in [3.05, 3.63) is 58.6 Å². The Morgan fingerprint density at radius 2 is 1.89 bits per heavy atom. The fourth-order valence-corrected chi connectivity index (χ4v) is 3.55. The summed E-state index contributed by atoms with van der Waals surface area (Å²) in [6.07, 6.45) is 3.00. The molecule has 5 nitrogen and oxygen atoms in total. The maximum atomic E-state index is 6.35. The Balaban J connectivity index is 1.53. The Hall–Kier alpha value is -2.40. The molecule has 1 saturated carbocycles. The van der Waals surface area contributed by atoms with Crippen molar-refractivity contribution in [1.82, 2.24) is 5.32 Å². The summed E-state index contributed by atoms with van der Waals surface area (Å²) in [5.74, 6) is 1.92. The summed E-state index contributed by atoms with van der Waals surface area (Å²) in [6, 6.07) is 13.9. The van der Waals surface area contributed by atoms with E-state index < -0.39 is 0 Å². The van der Waals surface area contributed by atoms with Gasteiger partial charge < -0.3 is 20.5 Å². The maximum Gasteiger partial charge on any atom is 0.188 e. The fourth-order valence-electron chi connectivity index (χ4n) is 3.22. The molecule has 6 heteroatoms. The lowest BCUT2D eigenvalue weighted by atomic mass is 9.96. The van der Waals surface area contributed by atoms with Crippen molar-refractivity contribution in [3.8, 4) is 11.5 Å². The topological polar surface area (TPSA) is 68.9 Å². The molecule has 0 radical (unpaired) electrons. The van der Waals surface area contributed by atoms with Crippen LogP contribution in [0.1, 0.15) is 24.0 Å². The van der Waals surface area contributed by atoms with E-state index in [1.54, 1.807) is 14.2 Å². The molecule has 0 heterocycles. The molecule has 27 heavy (non-hydrogen) atoms. The second-order valence-electron chi connectivity index (χ2n) is 6.83. The molecule has 0 saturated heterocycles. The lowest BCUT2D eigenvalue weighted by molar-refractivity contribution is 0.354. The molecule has 1 aliphatic carbocycles. The number of guanidine groups is 1. The molecule has 1 fully saturated rings. The van der Waals surface area contributed by atoms with Crippen LogP contribution in [-0.4, -0.2) is 33.3 Å². The van der Waals surface area contributed by atoms with Gasteiger partial charge in [0.2, 0.25) is 0 Å². The smallest absolute Gasteiger partial charge is 0.188 e. The van der Waals surface area contributed by atoms with Crippen LogP contribution in [-0.2, 0) is 11.8 Å². The van der Waals surface area contributed by atoms with Gasteiger partial charge in [-0.3, -0.25) is 4.99 Å². The molecule has 2 aromatic carbocycles. The first-order chi connectivity index (χ1) is 13.1. The van der Waals surface area contributed by atoms with E-state index in [1.807, 2.05) is 36.4 Å². The third-order valence-electron chi connectivity index (χ3n) is 5.02.